The summed E-state index contributed by atoms with van der Waals surface area (Å²) in [6.45, 7) is 0.482. The Morgan fingerprint density at radius 3 is 1.90 bits per heavy atom. The SMILES string of the molecule is CC(=O)NCCNC(=O)N1CCC(c2ccc(C(F)(C(F)(F)F)C(F)(F)F)cc2)(S(=O)(=O)c2ccc(F)cc2)C1. The number of sulfone groups is 1. The molecule has 1 aliphatic heterocycles. The molecule has 2 aromatic carbocycles. The molecule has 0 aliphatic carbocycles. The summed E-state index contributed by atoms with van der Waals surface area (Å²) in [4.78, 5) is 24.3. The highest BCUT2D eigenvalue weighted by Crippen LogP contribution is 2.53. The molecule has 0 bridgehead atoms. The lowest BCUT2D eigenvalue weighted by Crippen LogP contribution is -2.50. The molecule has 1 aliphatic rings. The summed E-state index contributed by atoms with van der Waals surface area (Å²) in [6, 6.07) is 4.47. The van der Waals surface area contributed by atoms with Crippen LogP contribution in [0.5, 0.6) is 0 Å². The van der Waals surface area contributed by atoms with Gasteiger partial charge in [-0.2, -0.15) is 26.3 Å². The topological polar surface area (TPSA) is 95.6 Å². The van der Waals surface area contributed by atoms with Crippen molar-refractivity contribution in [3.8, 4) is 0 Å². The quantitative estimate of drug-likeness (QED) is 0.281. The first kappa shape index (κ1) is 31.1. The van der Waals surface area contributed by atoms with Gasteiger partial charge in [0.25, 0.3) is 0 Å². The molecule has 0 saturated carbocycles. The van der Waals surface area contributed by atoms with Crippen LogP contribution in [0, 0.1) is 5.82 Å². The molecular formula is C24H23F8N3O4S. The summed E-state index contributed by atoms with van der Waals surface area (Å²) in [5.41, 5.74) is -7.84. The Balaban J connectivity index is 2.05. The number of likely N-dealkylation sites (tertiary alicyclic amines) is 1. The van der Waals surface area contributed by atoms with Crippen LogP contribution in [0.2, 0.25) is 0 Å². The molecule has 1 saturated heterocycles. The molecule has 40 heavy (non-hydrogen) atoms. The Morgan fingerprint density at radius 1 is 0.875 bits per heavy atom. The predicted octanol–water partition coefficient (Wildman–Crippen LogP) is 4.34. The Morgan fingerprint density at radius 2 is 1.40 bits per heavy atom. The maximum atomic E-state index is 14.6. The van der Waals surface area contributed by atoms with E-state index in [9.17, 15) is 53.1 Å². The Labute approximate surface area is 223 Å². The number of benzene rings is 2. The first-order valence-electron chi connectivity index (χ1n) is 11.6. The molecular weight excluding hydrogens is 578 g/mol. The number of carbonyl (C=O) groups is 2. The van der Waals surface area contributed by atoms with Gasteiger partial charge in [0, 0.05) is 38.7 Å². The van der Waals surface area contributed by atoms with Crippen LogP contribution in [0.15, 0.2) is 53.4 Å². The van der Waals surface area contributed by atoms with Gasteiger partial charge in [0.15, 0.2) is 9.84 Å². The molecule has 2 aromatic rings. The third-order valence-electron chi connectivity index (χ3n) is 6.52. The van der Waals surface area contributed by atoms with E-state index >= 15 is 0 Å². The van der Waals surface area contributed by atoms with Gasteiger partial charge in [0.2, 0.25) is 5.91 Å². The smallest absolute Gasteiger partial charge is 0.355 e. The van der Waals surface area contributed by atoms with Crippen molar-refractivity contribution < 1.29 is 53.1 Å². The van der Waals surface area contributed by atoms with E-state index in [1.54, 1.807) is 0 Å². The van der Waals surface area contributed by atoms with Crippen molar-refractivity contribution in [3.63, 3.8) is 0 Å². The van der Waals surface area contributed by atoms with Crippen LogP contribution in [0.1, 0.15) is 24.5 Å². The maximum Gasteiger partial charge on any atom is 0.435 e. The summed E-state index contributed by atoms with van der Waals surface area (Å²) in [6.07, 6.45) is -13.1. The molecule has 220 valence electrons. The molecule has 0 spiro atoms. The van der Waals surface area contributed by atoms with Crippen molar-refractivity contribution in [2.45, 2.75) is 41.0 Å². The Hall–Kier alpha value is -3.43. The number of amides is 3. The monoisotopic (exact) mass is 601 g/mol. The minimum absolute atomic E-state index is 0.0329. The molecule has 1 atom stereocenters. The van der Waals surface area contributed by atoms with Crippen molar-refractivity contribution in [2.75, 3.05) is 26.2 Å². The molecule has 0 radical (unpaired) electrons. The predicted molar refractivity (Wildman–Crippen MR) is 125 cm³/mol. The molecule has 3 amide bonds. The largest absolute Gasteiger partial charge is 0.435 e. The fourth-order valence-corrected chi connectivity index (χ4v) is 6.49. The summed E-state index contributed by atoms with van der Waals surface area (Å²) < 4.78 is 133. The fourth-order valence-electron chi connectivity index (χ4n) is 4.42. The van der Waals surface area contributed by atoms with Gasteiger partial charge < -0.3 is 15.5 Å². The lowest BCUT2D eigenvalue weighted by atomic mass is 9.90. The average Bonchev–Trinajstić information content (AvgIpc) is 3.32. The zero-order valence-corrected chi connectivity index (χ0v) is 21.5. The number of hydrogen-bond acceptors (Lipinski definition) is 4. The second kappa shape index (κ2) is 10.9. The van der Waals surface area contributed by atoms with Crippen LogP contribution in [0.25, 0.3) is 0 Å². The van der Waals surface area contributed by atoms with Crippen LogP contribution in [0.4, 0.5) is 39.9 Å². The first-order valence-corrected chi connectivity index (χ1v) is 13.1. The minimum Gasteiger partial charge on any atom is -0.355 e. The highest BCUT2D eigenvalue weighted by atomic mass is 32.2. The van der Waals surface area contributed by atoms with Crippen molar-refractivity contribution in [2.24, 2.45) is 0 Å². The lowest BCUT2D eigenvalue weighted by molar-refractivity contribution is -0.348. The second-order valence-corrected chi connectivity index (χ2v) is 11.3. The van der Waals surface area contributed by atoms with E-state index in [1.165, 1.54) is 6.92 Å². The van der Waals surface area contributed by atoms with Crippen LogP contribution >= 0.6 is 0 Å². The molecule has 16 heteroatoms. The van der Waals surface area contributed by atoms with E-state index in [1.807, 2.05) is 0 Å². The average molecular weight is 602 g/mol. The van der Waals surface area contributed by atoms with Crippen molar-refractivity contribution in [1.29, 1.82) is 0 Å². The minimum atomic E-state index is -6.37. The number of carbonyl (C=O) groups excluding carboxylic acids is 2. The van der Waals surface area contributed by atoms with Gasteiger partial charge in [-0.15, -0.1) is 0 Å². The number of rotatable bonds is 7. The van der Waals surface area contributed by atoms with Gasteiger partial charge in [-0.25, -0.2) is 22.0 Å². The second-order valence-electron chi connectivity index (χ2n) is 9.07. The van der Waals surface area contributed by atoms with E-state index in [-0.39, 0.29) is 49.7 Å². The molecule has 1 unspecified atom stereocenters. The standard InChI is InChI=1S/C24H23F8N3O4S/c1-15(36)33-11-12-34-20(37)35-13-10-21(14-35,40(38,39)19-8-6-18(25)7-9-19)16-2-4-17(5-3-16)22(26,23(27,28)29)24(30,31)32/h2-9H,10-14H2,1H3,(H,33,36)(H,34,37). The third-order valence-corrected chi connectivity index (χ3v) is 9.01. The maximum absolute atomic E-state index is 14.6. The van der Waals surface area contributed by atoms with Gasteiger partial charge in [-0.05, 0) is 36.2 Å². The molecule has 3 rings (SSSR count). The lowest BCUT2D eigenvalue weighted by Gasteiger charge is -2.32. The van der Waals surface area contributed by atoms with Crippen LogP contribution < -0.4 is 10.6 Å². The number of nitrogens with zero attached hydrogens (tertiary/aromatic N) is 1. The van der Waals surface area contributed by atoms with Crippen LogP contribution in [-0.2, 0) is 25.0 Å². The fraction of sp³-hybridized carbons (Fsp3) is 0.417. The van der Waals surface area contributed by atoms with Crippen LogP contribution in [0.3, 0.4) is 0 Å². The molecule has 2 N–H and O–H groups in total. The van der Waals surface area contributed by atoms with Crippen molar-refractivity contribution in [1.82, 2.24) is 15.5 Å². The van der Waals surface area contributed by atoms with Crippen molar-refractivity contribution in [3.05, 3.63) is 65.5 Å². The van der Waals surface area contributed by atoms with E-state index in [0.29, 0.717) is 12.1 Å². The van der Waals surface area contributed by atoms with Crippen LogP contribution in [-0.4, -0.2) is 63.8 Å². The normalized spacial score (nSPS) is 18.5. The summed E-state index contributed by atoms with van der Waals surface area (Å²) in [7, 11) is -4.56. The van der Waals surface area contributed by atoms with E-state index in [4.69, 9.17) is 0 Å². The number of urea groups is 1. The highest BCUT2D eigenvalue weighted by Gasteiger charge is 2.73. The number of alkyl halides is 7. The molecule has 1 fully saturated rings. The Kier molecular flexibility index (Phi) is 8.44. The number of nitrogens with one attached hydrogen (secondary N) is 2. The van der Waals surface area contributed by atoms with E-state index in [2.05, 4.69) is 10.6 Å². The first-order chi connectivity index (χ1) is 18.4. The molecule has 7 nitrogen and oxygen atoms in total. The number of halogens is 8. The third kappa shape index (κ3) is 5.58. The molecule has 0 aromatic heterocycles. The zero-order valence-electron chi connectivity index (χ0n) is 20.7. The molecule has 1 heterocycles. The van der Waals surface area contributed by atoms with E-state index in [0.717, 1.165) is 29.2 Å². The zero-order chi connectivity index (χ0) is 30.1. The highest BCUT2D eigenvalue weighted by molar-refractivity contribution is 7.92. The Bertz CT molecular complexity index is 1330. The van der Waals surface area contributed by atoms with Gasteiger partial charge in [0.1, 0.15) is 10.6 Å². The summed E-state index contributed by atoms with van der Waals surface area (Å²) in [5, 5.41) is 4.89. The van der Waals surface area contributed by atoms with Gasteiger partial charge in [-0.1, -0.05) is 24.3 Å². The van der Waals surface area contributed by atoms with Gasteiger partial charge in [-0.3, -0.25) is 4.79 Å². The van der Waals surface area contributed by atoms with Gasteiger partial charge >= 0.3 is 24.1 Å². The van der Waals surface area contributed by atoms with E-state index < -0.39 is 61.5 Å². The number of hydrogen-bond donors (Lipinski definition) is 2. The van der Waals surface area contributed by atoms with Gasteiger partial charge in [0.05, 0.1) is 4.90 Å². The summed E-state index contributed by atoms with van der Waals surface area (Å²) in [5.74, 6) is -1.14. The van der Waals surface area contributed by atoms with Crippen molar-refractivity contribution >= 4 is 21.8 Å². The summed E-state index contributed by atoms with van der Waals surface area (Å²) >= 11 is 0.